The standard InChI is InChI=1S/C29H27NO7/c1-18(2)27(30-29(33)35-17-19-7-5-4-6-8-19)28(32)36-22-13-14-23-24(16-26(31)37-25(23)15-22)20-9-11-21(34-3)12-10-20/h4-16,18,27H,17H2,1-3H3,(H,30,33)/t27-/m0/s1. The lowest BCUT2D eigenvalue weighted by atomic mass is 10.0. The first-order valence-corrected chi connectivity index (χ1v) is 11.8. The summed E-state index contributed by atoms with van der Waals surface area (Å²) in [5.74, 6) is -0.0587. The second-order valence-electron chi connectivity index (χ2n) is 8.71. The van der Waals surface area contributed by atoms with E-state index < -0.39 is 23.7 Å². The molecule has 37 heavy (non-hydrogen) atoms. The molecule has 1 aromatic heterocycles. The van der Waals surface area contributed by atoms with Crippen LogP contribution in [0.5, 0.6) is 11.5 Å². The van der Waals surface area contributed by atoms with Crippen LogP contribution in [0.1, 0.15) is 19.4 Å². The fourth-order valence-electron chi connectivity index (χ4n) is 3.79. The maximum absolute atomic E-state index is 12.9. The molecule has 0 aliphatic rings. The fourth-order valence-corrected chi connectivity index (χ4v) is 3.79. The second-order valence-corrected chi connectivity index (χ2v) is 8.71. The van der Waals surface area contributed by atoms with E-state index in [0.29, 0.717) is 16.7 Å². The maximum Gasteiger partial charge on any atom is 0.408 e. The molecule has 8 nitrogen and oxygen atoms in total. The largest absolute Gasteiger partial charge is 0.497 e. The van der Waals surface area contributed by atoms with Gasteiger partial charge in [-0.25, -0.2) is 14.4 Å². The van der Waals surface area contributed by atoms with Crippen LogP contribution in [0.4, 0.5) is 4.79 Å². The summed E-state index contributed by atoms with van der Waals surface area (Å²) in [4.78, 5) is 37.5. The molecule has 0 saturated carbocycles. The van der Waals surface area contributed by atoms with Crippen molar-refractivity contribution in [1.29, 1.82) is 0 Å². The molecule has 0 spiro atoms. The summed E-state index contributed by atoms with van der Waals surface area (Å²) in [5, 5.41) is 3.25. The van der Waals surface area contributed by atoms with Gasteiger partial charge >= 0.3 is 17.7 Å². The highest BCUT2D eigenvalue weighted by molar-refractivity contribution is 5.94. The predicted octanol–water partition coefficient (Wildman–Crippen LogP) is 5.33. The monoisotopic (exact) mass is 501 g/mol. The number of esters is 1. The number of carbonyl (C=O) groups is 2. The van der Waals surface area contributed by atoms with E-state index in [0.717, 1.165) is 11.1 Å². The number of ether oxygens (including phenoxy) is 3. The van der Waals surface area contributed by atoms with Gasteiger partial charge in [-0.2, -0.15) is 0 Å². The number of methoxy groups -OCH3 is 1. The molecule has 4 aromatic rings. The zero-order valence-corrected chi connectivity index (χ0v) is 20.7. The Labute approximate surface area is 213 Å². The molecule has 190 valence electrons. The number of fused-ring (bicyclic) bond motifs is 1. The molecule has 8 heteroatoms. The first-order chi connectivity index (χ1) is 17.8. The van der Waals surface area contributed by atoms with Crippen LogP contribution in [0.3, 0.4) is 0 Å². The van der Waals surface area contributed by atoms with Crippen molar-refractivity contribution in [3.8, 4) is 22.6 Å². The number of rotatable bonds is 8. The van der Waals surface area contributed by atoms with E-state index in [1.165, 1.54) is 12.1 Å². The molecule has 4 rings (SSSR count). The molecule has 1 atom stereocenters. The Balaban J connectivity index is 1.50. The molecule has 0 bridgehead atoms. The third-order valence-corrected chi connectivity index (χ3v) is 5.74. The lowest BCUT2D eigenvalue weighted by molar-refractivity contribution is -0.137. The van der Waals surface area contributed by atoms with Crippen LogP contribution in [0.25, 0.3) is 22.1 Å². The molecule has 1 amide bonds. The number of hydrogen-bond donors (Lipinski definition) is 1. The lowest BCUT2D eigenvalue weighted by Gasteiger charge is -2.20. The molecule has 0 radical (unpaired) electrons. The van der Waals surface area contributed by atoms with Crippen molar-refractivity contribution in [3.63, 3.8) is 0 Å². The van der Waals surface area contributed by atoms with Crippen LogP contribution in [0.15, 0.2) is 88.1 Å². The molecule has 0 aliphatic heterocycles. The Kier molecular flexibility index (Phi) is 7.88. The first-order valence-electron chi connectivity index (χ1n) is 11.8. The summed E-state index contributed by atoms with van der Waals surface area (Å²) >= 11 is 0. The molecule has 0 aliphatic carbocycles. The summed E-state index contributed by atoms with van der Waals surface area (Å²) < 4.78 is 21.3. The Morgan fingerprint density at radius 3 is 2.30 bits per heavy atom. The highest BCUT2D eigenvalue weighted by Gasteiger charge is 2.27. The lowest BCUT2D eigenvalue weighted by Crippen LogP contribution is -2.46. The average molecular weight is 502 g/mol. The summed E-state index contributed by atoms with van der Waals surface area (Å²) in [6.45, 7) is 3.64. The van der Waals surface area contributed by atoms with Gasteiger partial charge < -0.3 is 23.9 Å². The molecule has 0 unspecified atom stereocenters. The van der Waals surface area contributed by atoms with Crippen LogP contribution in [-0.4, -0.2) is 25.2 Å². The number of amides is 1. The molecule has 1 N–H and O–H groups in total. The average Bonchev–Trinajstić information content (AvgIpc) is 2.90. The van der Waals surface area contributed by atoms with E-state index in [1.54, 1.807) is 45.2 Å². The summed E-state index contributed by atoms with van der Waals surface area (Å²) in [6, 6.07) is 21.8. The number of hydrogen-bond acceptors (Lipinski definition) is 7. The molecule has 1 heterocycles. The smallest absolute Gasteiger partial charge is 0.408 e. The van der Waals surface area contributed by atoms with Crippen LogP contribution in [0, 0.1) is 5.92 Å². The van der Waals surface area contributed by atoms with E-state index in [4.69, 9.17) is 18.6 Å². The minimum absolute atomic E-state index is 0.0762. The first kappa shape index (κ1) is 25.5. The summed E-state index contributed by atoms with van der Waals surface area (Å²) in [6.07, 6.45) is -0.729. The number of carbonyl (C=O) groups excluding carboxylic acids is 2. The van der Waals surface area contributed by atoms with Gasteiger partial charge in [0.15, 0.2) is 0 Å². The van der Waals surface area contributed by atoms with Gasteiger partial charge in [-0.15, -0.1) is 0 Å². The van der Waals surface area contributed by atoms with Crippen LogP contribution in [-0.2, 0) is 16.1 Å². The maximum atomic E-state index is 12.9. The Morgan fingerprint density at radius 2 is 1.62 bits per heavy atom. The van der Waals surface area contributed by atoms with E-state index in [-0.39, 0.29) is 23.9 Å². The van der Waals surface area contributed by atoms with Crippen molar-refractivity contribution >= 4 is 23.0 Å². The van der Waals surface area contributed by atoms with E-state index >= 15 is 0 Å². The Bertz CT molecular complexity index is 1440. The fraction of sp³-hybridized carbons (Fsp3) is 0.207. The normalized spacial score (nSPS) is 11.7. The molecular weight excluding hydrogens is 474 g/mol. The molecule has 3 aromatic carbocycles. The topological polar surface area (TPSA) is 104 Å². The van der Waals surface area contributed by atoms with Gasteiger partial charge in [0, 0.05) is 17.5 Å². The highest BCUT2D eigenvalue weighted by atomic mass is 16.6. The third kappa shape index (κ3) is 6.35. The van der Waals surface area contributed by atoms with Gasteiger partial charge in [0.2, 0.25) is 0 Å². The van der Waals surface area contributed by atoms with Crippen LogP contribution < -0.4 is 20.4 Å². The molecule has 0 saturated heterocycles. The minimum Gasteiger partial charge on any atom is -0.497 e. The van der Waals surface area contributed by atoms with Gasteiger partial charge in [-0.1, -0.05) is 56.3 Å². The van der Waals surface area contributed by atoms with E-state index in [2.05, 4.69) is 5.32 Å². The van der Waals surface area contributed by atoms with Crippen molar-refractivity contribution in [2.75, 3.05) is 7.11 Å². The van der Waals surface area contributed by atoms with Gasteiger partial charge in [0.1, 0.15) is 29.7 Å². The van der Waals surface area contributed by atoms with E-state index in [1.807, 2.05) is 42.5 Å². The highest BCUT2D eigenvalue weighted by Crippen LogP contribution is 2.31. The SMILES string of the molecule is COc1ccc(-c2cc(=O)oc3cc(OC(=O)[C@@H](NC(=O)OCc4ccccc4)C(C)C)ccc23)cc1. The quantitative estimate of drug-likeness (QED) is 0.198. The van der Waals surface area contributed by atoms with Crippen molar-refractivity contribution in [2.45, 2.75) is 26.5 Å². The van der Waals surface area contributed by atoms with Crippen molar-refractivity contribution in [1.82, 2.24) is 5.32 Å². The van der Waals surface area contributed by atoms with Gasteiger partial charge in [-0.05, 0) is 46.9 Å². The number of nitrogens with one attached hydrogen (secondary N) is 1. The Hall–Kier alpha value is -4.59. The van der Waals surface area contributed by atoms with Crippen LogP contribution in [0.2, 0.25) is 0 Å². The zero-order valence-electron chi connectivity index (χ0n) is 20.7. The predicted molar refractivity (Wildman–Crippen MR) is 138 cm³/mol. The summed E-state index contributed by atoms with van der Waals surface area (Å²) in [5.41, 5.74) is 2.04. The number of benzene rings is 3. The number of alkyl carbamates (subject to hydrolysis) is 1. The summed E-state index contributed by atoms with van der Waals surface area (Å²) in [7, 11) is 1.58. The van der Waals surface area contributed by atoms with Crippen molar-refractivity contribution in [3.05, 3.63) is 94.8 Å². The van der Waals surface area contributed by atoms with Crippen molar-refractivity contribution in [2.24, 2.45) is 5.92 Å². The van der Waals surface area contributed by atoms with Gasteiger partial charge in [0.05, 0.1) is 7.11 Å². The van der Waals surface area contributed by atoms with E-state index in [9.17, 15) is 14.4 Å². The van der Waals surface area contributed by atoms with Gasteiger partial charge in [-0.3, -0.25) is 0 Å². The van der Waals surface area contributed by atoms with Crippen molar-refractivity contribution < 1.29 is 28.2 Å². The van der Waals surface area contributed by atoms with Crippen LogP contribution >= 0.6 is 0 Å². The molecular formula is C29H27NO7. The minimum atomic E-state index is -0.948. The Morgan fingerprint density at radius 1 is 0.919 bits per heavy atom. The third-order valence-electron chi connectivity index (χ3n) is 5.74. The van der Waals surface area contributed by atoms with Gasteiger partial charge in [0.25, 0.3) is 0 Å². The second kappa shape index (κ2) is 11.4. The molecule has 0 fully saturated rings. The zero-order chi connectivity index (χ0) is 26.4.